The zero-order chi connectivity index (χ0) is 28.3. The summed E-state index contributed by atoms with van der Waals surface area (Å²) in [5, 5.41) is 3.15. The third-order valence-corrected chi connectivity index (χ3v) is 6.67. The molecule has 1 saturated heterocycles. The number of anilines is 2. The lowest BCUT2D eigenvalue weighted by atomic mass is 10.1. The van der Waals surface area contributed by atoms with Crippen LogP contribution in [0.3, 0.4) is 0 Å². The number of rotatable bonds is 7. The molecule has 7 nitrogen and oxygen atoms in total. The molecular weight excluding hydrogens is 521 g/mol. The Morgan fingerprint density at radius 3 is 2.45 bits per heavy atom. The third kappa shape index (κ3) is 5.75. The Hall–Kier alpha value is -4.47. The Labute approximate surface area is 229 Å². The fourth-order valence-corrected chi connectivity index (χ4v) is 4.67. The van der Waals surface area contributed by atoms with Crippen LogP contribution in [0.5, 0.6) is 0 Å². The van der Waals surface area contributed by atoms with Crippen LogP contribution < -0.4 is 5.32 Å². The molecule has 40 heavy (non-hydrogen) atoms. The van der Waals surface area contributed by atoms with Gasteiger partial charge in [0.05, 0.1) is 23.2 Å². The molecule has 4 aromatic rings. The van der Waals surface area contributed by atoms with Crippen LogP contribution in [-0.4, -0.2) is 45.9 Å². The summed E-state index contributed by atoms with van der Waals surface area (Å²) in [6.45, 7) is 2.70. The minimum absolute atomic E-state index is 0.0961. The van der Waals surface area contributed by atoms with Gasteiger partial charge < -0.3 is 15.0 Å². The lowest BCUT2D eigenvalue weighted by Crippen LogP contribution is -2.41. The van der Waals surface area contributed by atoms with E-state index in [0.29, 0.717) is 48.5 Å². The van der Waals surface area contributed by atoms with Crippen LogP contribution in [0.25, 0.3) is 22.3 Å². The van der Waals surface area contributed by atoms with E-state index in [9.17, 15) is 22.8 Å². The summed E-state index contributed by atoms with van der Waals surface area (Å²) in [5.41, 5.74) is 1.79. The summed E-state index contributed by atoms with van der Waals surface area (Å²) in [5.74, 6) is -0.379. The molecule has 1 aliphatic heterocycles. The van der Waals surface area contributed by atoms with Crippen molar-refractivity contribution in [2.24, 2.45) is 0 Å². The van der Waals surface area contributed by atoms with Crippen molar-refractivity contribution < 1.29 is 27.5 Å². The Kier molecular flexibility index (Phi) is 7.68. The second kappa shape index (κ2) is 11.3. The number of ether oxygens (including phenoxy) is 1. The van der Waals surface area contributed by atoms with E-state index in [1.807, 2.05) is 37.3 Å². The van der Waals surface area contributed by atoms with E-state index >= 15 is 0 Å². The van der Waals surface area contributed by atoms with Crippen molar-refractivity contribution in [3.8, 4) is 11.3 Å². The van der Waals surface area contributed by atoms with E-state index in [-0.39, 0.29) is 23.2 Å². The van der Waals surface area contributed by atoms with Crippen molar-refractivity contribution in [3.05, 3.63) is 83.9 Å². The molecule has 0 bridgehead atoms. The highest BCUT2D eigenvalue weighted by Crippen LogP contribution is 2.34. The molecule has 1 amide bonds. The molecule has 0 spiro atoms. The SMILES string of the molecule is CCCOC(=O)[C@@H]1CCCN1C(=O)c1ccc(Nc2nc3cc(C(F)(F)F)ccc3nc2-c2ccccc2)cc1. The van der Waals surface area contributed by atoms with E-state index in [2.05, 4.69) is 15.3 Å². The fourth-order valence-electron chi connectivity index (χ4n) is 4.67. The van der Waals surface area contributed by atoms with Crippen molar-refractivity contribution in [2.75, 3.05) is 18.5 Å². The largest absolute Gasteiger partial charge is 0.464 e. The monoisotopic (exact) mass is 548 g/mol. The van der Waals surface area contributed by atoms with Crippen LogP contribution in [0.4, 0.5) is 24.7 Å². The van der Waals surface area contributed by atoms with E-state index < -0.39 is 17.8 Å². The third-order valence-electron chi connectivity index (χ3n) is 6.67. The number of carbonyl (C=O) groups excluding carboxylic acids is 2. The highest BCUT2D eigenvalue weighted by atomic mass is 19.4. The van der Waals surface area contributed by atoms with Crippen molar-refractivity contribution in [1.82, 2.24) is 14.9 Å². The predicted molar refractivity (Wildman–Crippen MR) is 145 cm³/mol. The van der Waals surface area contributed by atoms with Crippen LogP contribution in [0, 0.1) is 0 Å². The Bertz CT molecular complexity index is 1530. The maximum Gasteiger partial charge on any atom is 0.416 e. The first kappa shape index (κ1) is 27.1. The first-order chi connectivity index (χ1) is 19.2. The number of likely N-dealkylation sites (tertiary alicyclic amines) is 1. The number of amides is 1. The Morgan fingerprint density at radius 1 is 1.00 bits per heavy atom. The summed E-state index contributed by atoms with van der Waals surface area (Å²) in [6.07, 6.45) is -2.52. The van der Waals surface area contributed by atoms with Crippen LogP contribution in [0.15, 0.2) is 72.8 Å². The Morgan fingerprint density at radius 2 is 1.75 bits per heavy atom. The zero-order valence-electron chi connectivity index (χ0n) is 21.7. The van der Waals surface area contributed by atoms with Crippen LogP contribution in [0.2, 0.25) is 0 Å². The summed E-state index contributed by atoms with van der Waals surface area (Å²) >= 11 is 0. The number of hydrogen-bond donors (Lipinski definition) is 1. The second-order valence-corrected chi connectivity index (χ2v) is 9.51. The van der Waals surface area contributed by atoms with Crippen molar-refractivity contribution >= 4 is 34.4 Å². The number of esters is 1. The van der Waals surface area contributed by atoms with Gasteiger partial charge in [-0.25, -0.2) is 14.8 Å². The van der Waals surface area contributed by atoms with Gasteiger partial charge in [0, 0.05) is 23.4 Å². The highest BCUT2D eigenvalue weighted by Gasteiger charge is 2.35. The lowest BCUT2D eigenvalue weighted by molar-refractivity contribution is -0.148. The molecule has 1 aliphatic rings. The molecule has 0 radical (unpaired) electrons. The molecule has 2 heterocycles. The number of hydrogen-bond acceptors (Lipinski definition) is 6. The van der Waals surface area contributed by atoms with Gasteiger partial charge in [-0.15, -0.1) is 0 Å². The number of halogens is 3. The van der Waals surface area contributed by atoms with Gasteiger partial charge in [0.1, 0.15) is 11.7 Å². The van der Waals surface area contributed by atoms with Gasteiger partial charge in [-0.3, -0.25) is 4.79 Å². The van der Waals surface area contributed by atoms with Gasteiger partial charge in [-0.1, -0.05) is 37.3 Å². The van der Waals surface area contributed by atoms with E-state index in [1.54, 1.807) is 29.2 Å². The number of alkyl halides is 3. The normalized spacial score (nSPS) is 15.3. The van der Waals surface area contributed by atoms with Crippen molar-refractivity contribution in [3.63, 3.8) is 0 Å². The standard InChI is InChI=1S/C30H27F3N4O3/c1-2-17-40-29(39)25-9-6-16-37(25)28(38)20-10-13-22(14-11-20)34-27-26(19-7-4-3-5-8-19)35-23-15-12-21(30(31,32)33)18-24(23)36-27/h3-5,7-8,10-15,18,25H,2,6,9,16-17H2,1H3,(H,34,36)/t25-/m0/s1. The lowest BCUT2D eigenvalue weighted by Gasteiger charge is -2.23. The summed E-state index contributed by atoms with van der Waals surface area (Å²) in [7, 11) is 0. The molecule has 1 fully saturated rings. The topological polar surface area (TPSA) is 84.4 Å². The number of aromatic nitrogens is 2. The highest BCUT2D eigenvalue weighted by molar-refractivity contribution is 5.97. The van der Waals surface area contributed by atoms with E-state index in [4.69, 9.17) is 4.74 Å². The molecule has 1 aromatic heterocycles. The summed E-state index contributed by atoms with van der Waals surface area (Å²) in [4.78, 5) is 36.3. The van der Waals surface area contributed by atoms with Crippen LogP contribution in [0.1, 0.15) is 42.1 Å². The molecule has 1 N–H and O–H groups in total. The first-order valence-corrected chi connectivity index (χ1v) is 13.0. The first-order valence-electron chi connectivity index (χ1n) is 13.0. The maximum atomic E-state index is 13.3. The molecule has 206 valence electrons. The van der Waals surface area contributed by atoms with Gasteiger partial charge >= 0.3 is 12.1 Å². The maximum absolute atomic E-state index is 13.3. The molecule has 1 atom stereocenters. The number of nitrogens with one attached hydrogen (secondary N) is 1. The molecule has 0 aliphatic carbocycles. The molecule has 10 heteroatoms. The van der Waals surface area contributed by atoms with Crippen molar-refractivity contribution in [1.29, 1.82) is 0 Å². The minimum Gasteiger partial charge on any atom is -0.464 e. The average molecular weight is 549 g/mol. The van der Waals surface area contributed by atoms with Gasteiger partial charge in [-0.05, 0) is 61.7 Å². The molecule has 5 rings (SSSR count). The smallest absolute Gasteiger partial charge is 0.416 e. The fraction of sp³-hybridized carbons (Fsp3) is 0.267. The second-order valence-electron chi connectivity index (χ2n) is 9.51. The molecule has 0 saturated carbocycles. The zero-order valence-corrected chi connectivity index (χ0v) is 21.7. The van der Waals surface area contributed by atoms with Crippen LogP contribution >= 0.6 is 0 Å². The quantitative estimate of drug-likeness (QED) is 0.262. The minimum atomic E-state index is -4.51. The van der Waals surface area contributed by atoms with E-state index in [0.717, 1.165) is 24.1 Å². The van der Waals surface area contributed by atoms with Crippen molar-refractivity contribution in [2.45, 2.75) is 38.4 Å². The summed E-state index contributed by atoms with van der Waals surface area (Å²) < 4.78 is 45.2. The summed E-state index contributed by atoms with van der Waals surface area (Å²) in [6, 6.07) is 18.5. The molecular formula is C30H27F3N4O3. The number of fused-ring (bicyclic) bond motifs is 1. The van der Waals surface area contributed by atoms with Gasteiger partial charge in [-0.2, -0.15) is 13.2 Å². The molecule has 0 unspecified atom stereocenters. The average Bonchev–Trinajstić information content (AvgIpc) is 3.45. The van der Waals surface area contributed by atoms with Crippen LogP contribution in [-0.2, 0) is 15.7 Å². The van der Waals surface area contributed by atoms with Gasteiger partial charge in [0.25, 0.3) is 5.91 Å². The number of nitrogens with zero attached hydrogens (tertiary/aromatic N) is 3. The van der Waals surface area contributed by atoms with E-state index in [1.165, 1.54) is 6.07 Å². The van der Waals surface area contributed by atoms with Gasteiger partial charge in [0.2, 0.25) is 0 Å². The molecule has 3 aromatic carbocycles. The number of benzene rings is 3. The van der Waals surface area contributed by atoms with Gasteiger partial charge in [0.15, 0.2) is 5.82 Å². The number of carbonyl (C=O) groups is 2. The predicted octanol–water partition coefficient (Wildman–Crippen LogP) is 6.62. The Balaban J connectivity index is 1.43.